The van der Waals surface area contributed by atoms with Gasteiger partial charge in [-0.25, -0.2) is 4.39 Å². The Balaban J connectivity index is 2.04. The second kappa shape index (κ2) is 7.23. The van der Waals surface area contributed by atoms with Crippen LogP contribution in [0.3, 0.4) is 0 Å². The summed E-state index contributed by atoms with van der Waals surface area (Å²) in [6.07, 6.45) is 2.92. The van der Waals surface area contributed by atoms with Gasteiger partial charge >= 0.3 is 0 Å². The van der Waals surface area contributed by atoms with Gasteiger partial charge in [-0.3, -0.25) is 0 Å². The highest BCUT2D eigenvalue weighted by Crippen LogP contribution is 2.25. The topological polar surface area (TPSA) is 32.5 Å². The molecule has 1 unspecified atom stereocenters. The van der Waals surface area contributed by atoms with Gasteiger partial charge in [0, 0.05) is 32.2 Å². The molecule has 4 heteroatoms. The van der Waals surface area contributed by atoms with Gasteiger partial charge in [0.1, 0.15) is 5.82 Å². The van der Waals surface area contributed by atoms with Gasteiger partial charge in [0.05, 0.1) is 5.69 Å². The lowest BCUT2D eigenvalue weighted by atomic mass is 10.0. The van der Waals surface area contributed by atoms with Crippen LogP contribution in [0.1, 0.15) is 32.3 Å². The molecular formula is C17H28FN3. The standard InChI is InChI=1S/C17H28FN3/c1-4-21-9-7-15(8-10-21)20(3)17-6-5-14(11-13(2)19)12-16(17)18/h5-6,12-13,15H,4,7-11,19H2,1-3H3. The minimum atomic E-state index is -0.131. The molecule has 1 fully saturated rings. The van der Waals surface area contributed by atoms with Crippen molar-refractivity contribution in [3.8, 4) is 0 Å². The molecule has 1 saturated heterocycles. The fourth-order valence-electron chi connectivity index (χ4n) is 3.15. The molecule has 1 atom stereocenters. The van der Waals surface area contributed by atoms with Gasteiger partial charge in [-0.1, -0.05) is 13.0 Å². The zero-order valence-corrected chi connectivity index (χ0v) is 13.5. The van der Waals surface area contributed by atoms with Crippen LogP contribution in [0.2, 0.25) is 0 Å². The summed E-state index contributed by atoms with van der Waals surface area (Å²) in [6, 6.07) is 6.03. The fraction of sp³-hybridized carbons (Fsp3) is 0.647. The van der Waals surface area contributed by atoms with Crippen LogP contribution in [0.15, 0.2) is 18.2 Å². The highest BCUT2D eigenvalue weighted by atomic mass is 19.1. The second-order valence-corrected chi connectivity index (χ2v) is 6.24. The summed E-state index contributed by atoms with van der Waals surface area (Å²) in [5.41, 5.74) is 7.46. The first-order valence-corrected chi connectivity index (χ1v) is 8.00. The summed E-state index contributed by atoms with van der Waals surface area (Å²) in [5.74, 6) is -0.131. The average Bonchev–Trinajstić information content (AvgIpc) is 2.46. The van der Waals surface area contributed by atoms with Crippen molar-refractivity contribution in [2.75, 3.05) is 31.6 Å². The van der Waals surface area contributed by atoms with Crippen molar-refractivity contribution in [1.29, 1.82) is 0 Å². The van der Waals surface area contributed by atoms with Gasteiger partial charge in [0.2, 0.25) is 0 Å². The molecule has 21 heavy (non-hydrogen) atoms. The SMILES string of the molecule is CCN1CCC(N(C)c2ccc(CC(C)N)cc2F)CC1. The maximum Gasteiger partial charge on any atom is 0.146 e. The lowest BCUT2D eigenvalue weighted by molar-refractivity contribution is 0.220. The molecule has 3 nitrogen and oxygen atoms in total. The first kappa shape index (κ1) is 16.2. The van der Waals surface area contributed by atoms with Gasteiger partial charge in [-0.2, -0.15) is 0 Å². The van der Waals surface area contributed by atoms with Gasteiger partial charge in [-0.15, -0.1) is 0 Å². The molecule has 0 bridgehead atoms. The van der Waals surface area contributed by atoms with Crippen LogP contribution in [0.5, 0.6) is 0 Å². The lowest BCUT2D eigenvalue weighted by Gasteiger charge is -2.37. The molecule has 2 N–H and O–H groups in total. The summed E-state index contributed by atoms with van der Waals surface area (Å²) < 4.78 is 14.4. The van der Waals surface area contributed by atoms with E-state index in [1.165, 1.54) is 0 Å². The minimum Gasteiger partial charge on any atom is -0.369 e. The Hall–Kier alpha value is -1.13. The molecule has 2 rings (SSSR count). The first-order valence-electron chi connectivity index (χ1n) is 8.00. The van der Waals surface area contributed by atoms with Crippen molar-refractivity contribution in [3.05, 3.63) is 29.6 Å². The Bertz CT molecular complexity index is 453. The number of hydrogen-bond acceptors (Lipinski definition) is 3. The van der Waals surface area contributed by atoms with E-state index < -0.39 is 0 Å². The number of likely N-dealkylation sites (tertiary alicyclic amines) is 1. The van der Waals surface area contributed by atoms with Gasteiger partial charge in [-0.05, 0) is 50.4 Å². The predicted molar refractivity (Wildman–Crippen MR) is 87.3 cm³/mol. The first-order chi connectivity index (χ1) is 10.0. The Kier molecular flexibility index (Phi) is 5.59. The molecule has 1 aromatic carbocycles. The maximum absolute atomic E-state index is 14.4. The van der Waals surface area contributed by atoms with E-state index in [9.17, 15) is 4.39 Å². The van der Waals surface area contributed by atoms with E-state index in [1.54, 1.807) is 6.07 Å². The summed E-state index contributed by atoms with van der Waals surface area (Å²) in [4.78, 5) is 4.56. The number of piperidine rings is 1. The van der Waals surface area contributed by atoms with Crippen LogP contribution >= 0.6 is 0 Å². The van der Waals surface area contributed by atoms with E-state index in [2.05, 4.69) is 16.7 Å². The van der Waals surface area contributed by atoms with Crippen molar-refractivity contribution in [2.24, 2.45) is 5.73 Å². The van der Waals surface area contributed by atoms with Crippen molar-refractivity contribution in [3.63, 3.8) is 0 Å². The monoisotopic (exact) mass is 293 g/mol. The number of benzene rings is 1. The highest BCUT2D eigenvalue weighted by Gasteiger charge is 2.23. The zero-order chi connectivity index (χ0) is 15.4. The fourth-order valence-corrected chi connectivity index (χ4v) is 3.15. The van der Waals surface area contributed by atoms with Crippen LogP contribution in [-0.2, 0) is 6.42 Å². The third kappa shape index (κ3) is 4.17. The van der Waals surface area contributed by atoms with Gasteiger partial charge < -0.3 is 15.5 Å². The quantitative estimate of drug-likeness (QED) is 0.906. The van der Waals surface area contributed by atoms with E-state index >= 15 is 0 Å². The largest absolute Gasteiger partial charge is 0.369 e. The van der Waals surface area contributed by atoms with Gasteiger partial charge in [0.15, 0.2) is 0 Å². The predicted octanol–water partition coefficient (Wildman–Crippen LogP) is 2.64. The maximum atomic E-state index is 14.4. The molecule has 0 radical (unpaired) electrons. The Morgan fingerprint density at radius 3 is 2.57 bits per heavy atom. The normalized spacial score (nSPS) is 18.7. The van der Waals surface area contributed by atoms with E-state index in [1.807, 2.05) is 26.1 Å². The molecule has 0 saturated carbocycles. The minimum absolute atomic E-state index is 0.0614. The molecule has 1 heterocycles. The summed E-state index contributed by atoms with van der Waals surface area (Å²) in [7, 11) is 2.01. The van der Waals surface area contributed by atoms with Gasteiger partial charge in [0.25, 0.3) is 0 Å². The number of rotatable bonds is 5. The number of anilines is 1. The number of nitrogens with zero attached hydrogens (tertiary/aromatic N) is 2. The van der Waals surface area contributed by atoms with Crippen molar-refractivity contribution < 1.29 is 4.39 Å². The summed E-state index contributed by atoms with van der Waals surface area (Å²) in [6.45, 7) is 7.46. The van der Waals surface area contributed by atoms with E-state index in [0.717, 1.165) is 44.5 Å². The molecule has 1 aromatic rings. The van der Waals surface area contributed by atoms with E-state index in [-0.39, 0.29) is 11.9 Å². The number of halogens is 1. The smallest absolute Gasteiger partial charge is 0.146 e. The van der Waals surface area contributed by atoms with Crippen LogP contribution in [0, 0.1) is 5.82 Å². The summed E-state index contributed by atoms with van der Waals surface area (Å²) in [5, 5.41) is 0. The van der Waals surface area contributed by atoms with Crippen LogP contribution < -0.4 is 10.6 Å². The molecule has 1 aliphatic heterocycles. The molecule has 0 aliphatic carbocycles. The van der Waals surface area contributed by atoms with Crippen molar-refractivity contribution in [1.82, 2.24) is 4.90 Å². The third-order valence-electron chi connectivity index (χ3n) is 4.50. The Morgan fingerprint density at radius 1 is 1.38 bits per heavy atom. The second-order valence-electron chi connectivity index (χ2n) is 6.24. The van der Waals surface area contributed by atoms with E-state index in [0.29, 0.717) is 11.7 Å². The molecule has 0 aromatic heterocycles. The summed E-state index contributed by atoms with van der Waals surface area (Å²) >= 11 is 0. The molecule has 0 amide bonds. The lowest BCUT2D eigenvalue weighted by Crippen LogP contribution is -2.43. The Labute approximate surface area is 127 Å². The molecule has 0 spiro atoms. The van der Waals surface area contributed by atoms with Crippen molar-refractivity contribution in [2.45, 2.75) is 45.2 Å². The zero-order valence-electron chi connectivity index (χ0n) is 13.5. The number of nitrogens with two attached hydrogens (primary N) is 1. The number of hydrogen-bond donors (Lipinski definition) is 1. The molecule has 1 aliphatic rings. The third-order valence-corrected chi connectivity index (χ3v) is 4.50. The van der Waals surface area contributed by atoms with Crippen LogP contribution in [0.25, 0.3) is 0 Å². The van der Waals surface area contributed by atoms with Crippen molar-refractivity contribution >= 4 is 5.69 Å². The van der Waals surface area contributed by atoms with Crippen LogP contribution in [0.4, 0.5) is 10.1 Å². The average molecular weight is 293 g/mol. The molecule has 118 valence electrons. The van der Waals surface area contributed by atoms with E-state index in [4.69, 9.17) is 5.73 Å². The van der Waals surface area contributed by atoms with Crippen LogP contribution in [-0.4, -0.2) is 43.7 Å². The molecular weight excluding hydrogens is 265 g/mol. The highest BCUT2D eigenvalue weighted by molar-refractivity contribution is 5.49. The Morgan fingerprint density at radius 2 is 2.05 bits per heavy atom.